The van der Waals surface area contributed by atoms with E-state index in [0.29, 0.717) is 23.5 Å². The Bertz CT molecular complexity index is 1160. The fourth-order valence-electron chi connectivity index (χ4n) is 3.80. The van der Waals surface area contributed by atoms with Gasteiger partial charge in [0.05, 0.1) is 15.5 Å². The lowest BCUT2D eigenvalue weighted by molar-refractivity contribution is 0.0797. The number of hydrogen-bond acceptors (Lipinski definition) is 4. The second-order valence-electron chi connectivity index (χ2n) is 7.72. The van der Waals surface area contributed by atoms with Gasteiger partial charge < -0.3 is 4.90 Å². The molecule has 0 spiro atoms. The van der Waals surface area contributed by atoms with Gasteiger partial charge in [-0.25, -0.2) is 8.42 Å². The first-order valence-electron chi connectivity index (χ1n) is 10.3. The zero-order chi connectivity index (χ0) is 21.3. The van der Waals surface area contributed by atoms with Crippen LogP contribution in [-0.2, 0) is 10.0 Å². The number of aryl methyl sites for hydroxylation is 1. The van der Waals surface area contributed by atoms with Crippen LogP contribution in [0.4, 0.5) is 5.69 Å². The smallest absolute Gasteiger partial charge is 0.264 e. The maximum Gasteiger partial charge on any atom is 0.264 e. The van der Waals surface area contributed by atoms with Gasteiger partial charge in [0.25, 0.3) is 15.9 Å². The fourth-order valence-corrected chi connectivity index (χ4v) is 6.36. The Balaban J connectivity index is 1.70. The third kappa shape index (κ3) is 3.96. The van der Waals surface area contributed by atoms with E-state index in [4.69, 9.17) is 0 Å². The van der Waals surface area contributed by atoms with Crippen LogP contribution in [0.5, 0.6) is 0 Å². The summed E-state index contributed by atoms with van der Waals surface area (Å²) < 4.78 is 29.1. The van der Waals surface area contributed by atoms with Crippen molar-refractivity contribution in [3.8, 4) is 0 Å². The number of rotatable bonds is 6. The first kappa shape index (κ1) is 20.9. The van der Waals surface area contributed by atoms with E-state index in [-0.39, 0.29) is 10.8 Å². The Kier molecular flexibility index (Phi) is 5.84. The van der Waals surface area contributed by atoms with Crippen LogP contribution in [0, 0.1) is 6.92 Å². The van der Waals surface area contributed by atoms with E-state index >= 15 is 0 Å². The van der Waals surface area contributed by atoms with Crippen molar-refractivity contribution in [1.29, 1.82) is 0 Å². The molecular weight excluding hydrogens is 416 g/mol. The lowest BCUT2D eigenvalue weighted by atomic mass is 10.2. The highest BCUT2D eigenvalue weighted by molar-refractivity contribution is 7.92. The van der Waals surface area contributed by atoms with Crippen molar-refractivity contribution in [2.45, 2.75) is 38.0 Å². The highest BCUT2D eigenvalue weighted by Crippen LogP contribution is 2.33. The average Bonchev–Trinajstić information content (AvgIpc) is 3.41. The minimum absolute atomic E-state index is 0.0768. The van der Waals surface area contributed by atoms with Gasteiger partial charge in [-0.15, -0.1) is 11.3 Å². The van der Waals surface area contributed by atoms with E-state index in [1.807, 2.05) is 55.1 Å². The van der Waals surface area contributed by atoms with Crippen molar-refractivity contribution in [3.63, 3.8) is 0 Å². The van der Waals surface area contributed by atoms with Gasteiger partial charge in [-0.2, -0.15) is 0 Å². The first-order chi connectivity index (χ1) is 14.4. The standard InChI is InChI=1S/C23H26N2O3S2/c1-3-12-25(30(27,28)20-9-6-17(2)7-10-20)19-8-11-21-18(15-19)16-22(29-21)23(26)24-13-4-5-14-24/h6-11,15-16H,3-5,12-14H2,1-2H3. The molecule has 1 saturated heterocycles. The van der Waals surface area contributed by atoms with E-state index in [0.717, 1.165) is 41.6 Å². The van der Waals surface area contributed by atoms with Crippen LogP contribution >= 0.6 is 11.3 Å². The predicted molar refractivity (Wildman–Crippen MR) is 123 cm³/mol. The number of carbonyl (C=O) groups excluding carboxylic acids is 1. The molecule has 30 heavy (non-hydrogen) atoms. The summed E-state index contributed by atoms with van der Waals surface area (Å²) in [5.41, 5.74) is 1.65. The molecule has 5 nitrogen and oxygen atoms in total. The summed E-state index contributed by atoms with van der Waals surface area (Å²) in [4.78, 5) is 15.6. The van der Waals surface area contributed by atoms with Crippen molar-refractivity contribution < 1.29 is 13.2 Å². The Morgan fingerprint density at radius 1 is 1.07 bits per heavy atom. The molecule has 4 rings (SSSR count). The average molecular weight is 443 g/mol. The molecule has 0 N–H and O–H groups in total. The topological polar surface area (TPSA) is 57.7 Å². The van der Waals surface area contributed by atoms with Crippen molar-refractivity contribution in [2.24, 2.45) is 0 Å². The number of hydrogen-bond donors (Lipinski definition) is 0. The van der Waals surface area contributed by atoms with Gasteiger partial charge in [-0.3, -0.25) is 9.10 Å². The van der Waals surface area contributed by atoms with E-state index in [1.165, 1.54) is 15.6 Å². The summed E-state index contributed by atoms with van der Waals surface area (Å²) in [6.45, 7) is 5.93. The molecule has 158 valence electrons. The second-order valence-corrected chi connectivity index (χ2v) is 10.7. The Morgan fingerprint density at radius 3 is 2.43 bits per heavy atom. The number of anilines is 1. The number of benzene rings is 2. The number of likely N-dealkylation sites (tertiary alicyclic amines) is 1. The summed E-state index contributed by atoms with van der Waals surface area (Å²) in [5, 5.41) is 0.903. The molecule has 1 amide bonds. The van der Waals surface area contributed by atoms with Crippen molar-refractivity contribution in [3.05, 3.63) is 59.0 Å². The van der Waals surface area contributed by atoms with Gasteiger partial charge in [0, 0.05) is 24.3 Å². The third-order valence-electron chi connectivity index (χ3n) is 5.43. The number of carbonyl (C=O) groups is 1. The van der Waals surface area contributed by atoms with Crippen molar-refractivity contribution >= 4 is 43.0 Å². The van der Waals surface area contributed by atoms with Crippen LogP contribution in [0.3, 0.4) is 0 Å². The quantitative estimate of drug-likeness (QED) is 0.537. The molecule has 0 saturated carbocycles. The maximum atomic E-state index is 13.3. The molecule has 1 aliphatic rings. The molecule has 0 aliphatic carbocycles. The van der Waals surface area contributed by atoms with Crippen LogP contribution < -0.4 is 4.31 Å². The van der Waals surface area contributed by atoms with Gasteiger partial charge in [-0.1, -0.05) is 24.6 Å². The molecule has 3 aromatic rings. The van der Waals surface area contributed by atoms with Gasteiger partial charge in [0.1, 0.15) is 0 Å². The normalized spacial score (nSPS) is 14.4. The minimum Gasteiger partial charge on any atom is -0.338 e. The van der Waals surface area contributed by atoms with Crippen molar-refractivity contribution in [1.82, 2.24) is 4.90 Å². The van der Waals surface area contributed by atoms with Crippen molar-refractivity contribution in [2.75, 3.05) is 23.9 Å². The summed E-state index contributed by atoms with van der Waals surface area (Å²) >= 11 is 1.47. The molecule has 0 unspecified atom stereocenters. The van der Waals surface area contributed by atoms with Gasteiger partial charge in [-0.05, 0) is 68.0 Å². The second kappa shape index (κ2) is 8.40. The van der Waals surface area contributed by atoms with Gasteiger partial charge in [0.2, 0.25) is 0 Å². The number of sulfonamides is 1. The third-order valence-corrected chi connectivity index (χ3v) is 8.37. The SMILES string of the molecule is CCCN(c1ccc2sc(C(=O)N3CCCC3)cc2c1)S(=O)(=O)c1ccc(C)cc1. The van der Waals surface area contributed by atoms with Crippen LogP contribution in [0.1, 0.15) is 41.4 Å². The number of fused-ring (bicyclic) bond motifs is 1. The highest BCUT2D eigenvalue weighted by Gasteiger charge is 2.25. The zero-order valence-corrected chi connectivity index (χ0v) is 18.9. The largest absolute Gasteiger partial charge is 0.338 e. The molecule has 1 aliphatic heterocycles. The molecule has 1 aromatic heterocycles. The Morgan fingerprint density at radius 2 is 1.77 bits per heavy atom. The molecule has 7 heteroatoms. The predicted octanol–water partition coefficient (Wildman–Crippen LogP) is 5.05. The zero-order valence-electron chi connectivity index (χ0n) is 17.3. The van der Waals surface area contributed by atoms with Crippen LogP contribution in [0.15, 0.2) is 53.4 Å². The van der Waals surface area contributed by atoms with Gasteiger partial charge in [0.15, 0.2) is 0 Å². The summed E-state index contributed by atoms with van der Waals surface area (Å²) in [7, 11) is -3.66. The monoisotopic (exact) mass is 442 g/mol. The van der Waals surface area contributed by atoms with E-state index in [2.05, 4.69) is 0 Å². The number of amides is 1. The molecule has 1 fully saturated rings. The summed E-state index contributed by atoms with van der Waals surface area (Å²) in [6, 6.07) is 14.5. The Labute approximate surface area is 182 Å². The summed E-state index contributed by atoms with van der Waals surface area (Å²) in [6.07, 6.45) is 2.82. The lowest BCUT2D eigenvalue weighted by Gasteiger charge is -2.24. The van der Waals surface area contributed by atoms with Crippen LogP contribution in [0.2, 0.25) is 0 Å². The minimum atomic E-state index is -3.66. The molecular formula is C23H26N2O3S2. The molecule has 2 heterocycles. The molecule has 0 radical (unpaired) electrons. The Hall–Kier alpha value is -2.38. The fraction of sp³-hybridized carbons (Fsp3) is 0.348. The molecule has 0 bridgehead atoms. The van der Waals surface area contributed by atoms with E-state index < -0.39 is 10.0 Å². The molecule has 2 aromatic carbocycles. The first-order valence-corrected chi connectivity index (χ1v) is 12.6. The van der Waals surface area contributed by atoms with E-state index in [1.54, 1.807) is 12.1 Å². The maximum absolute atomic E-state index is 13.3. The highest BCUT2D eigenvalue weighted by atomic mass is 32.2. The number of nitrogens with zero attached hydrogens (tertiary/aromatic N) is 2. The van der Waals surface area contributed by atoms with Crippen LogP contribution in [-0.4, -0.2) is 38.9 Å². The van der Waals surface area contributed by atoms with E-state index in [9.17, 15) is 13.2 Å². The van der Waals surface area contributed by atoms with Crippen LogP contribution in [0.25, 0.3) is 10.1 Å². The molecule has 0 atom stereocenters. The summed E-state index contributed by atoms with van der Waals surface area (Å²) in [5.74, 6) is 0.0768. The van der Waals surface area contributed by atoms with Gasteiger partial charge >= 0.3 is 0 Å². The lowest BCUT2D eigenvalue weighted by Crippen LogP contribution is -2.31. The number of thiophene rings is 1.